The Kier molecular flexibility index (Phi) is 4.37. The quantitative estimate of drug-likeness (QED) is 0.607. The van der Waals surface area contributed by atoms with E-state index in [2.05, 4.69) is 32.9 Å². The van der Waals surface area contributed by atoms with Gasteiger partial charge in [-0.1, -0.05) is 12.8 Å². The zero-order valence-electron chi connectivity index (χ0n) is 14.1. The Morgan fingerprint density at radius 2 is 2.04 bits per heavy atom. The molecule has 0 N–H and O–H groups in total. The maximum Gasteiger partial charge on any atom is 0.196 e. The summed E-state index contributed by atoms with van der Waals surface area (Å²) in [7, 11) is 0. The van der Waals surface area contributed by atoms with E-state index < -0.39 is 0 Å². The van der Waals surface area contributed by atoms with Crippen LogP contribution in [0.4, 0.5) is 0 Å². The van der Waals surface area contributed by atoms with Crippen LogP contribution >= 0.6 is 15.9 Å². The van der Waals surface area contributed by atoms with Crippen molar-refractivity contribution in [1.82, 2.24) is 19.7 Å². The normalized spacial score (nSPS) is 15.1. The van der Waals surface area contributed by atoms with E-state index in [4.69, 9.17) is 4.98 Å². The van der Waals surface area contributed by atoms with Gasteiger partial charge in [0, 0.05) is 45.8 Å². The highest BCUT2D eigenvalue weighted by Gasteiger charge is 2.26. The number of carbonyl (C=O) groups excluding carboxylic acids is 1. The molecule has 0 saturated heterocycles. The van der Waals surface area contributed by atoms with Crippen molar-refractivity contribution in [3.63, 3.8) is 0 Å². The van der Waals surface area contributed by atoms with Gasteiger partial charge in [-0.25, -0.2) is 9.67 Å². The molecule has 0 aliphatic heterocycles. The van der Waals surface area contributed by atoms with E-state index in [0.29, 0.717) is 17.0 Å². The number of aromatic nitrogens is 4. The number of hydrogen-bond acceptors (Lipinski definition) is 4. The highest BCUT2D eigenvalue weighted by atomic mass is 79.9. The molecule has 0 bridgehead atoms. The standard InChI is InChI=1S/C19H19BrN4O/c1-2-24-19-14(10-22-24)8-16(17(23-19)12-5-3-4-6-12)18(25)13-7-15(20)11-21-9-13/h7-12H,2-6H2,1H3. The van der Waals surface area contributed by atoms with Gasteiger partial charge in [0.2, 0.25) is 0 Å². The van der Waals surface area contributed by atoms with Gasteiger partial charge in [0.15, 0.2) is 11.4 Å². The third-order valence-corrected chi connectivity index (χ3v) is 5.33. The molecule has 1 saturated carbocycles. The van der Waals surface area contributed by atoms with E-state index in [9.17, 15) is 4.79 Å². The van der Waals surface area contributed by atoms with Gasteiger partial charge in [0.1, 0.15) is 0 Å². The molecule has 1 fully saturated rings. The molecule has 6 heteroatoms. The Morgan fingerprint density at radius 1 is 1.24 bits per heavy atom. The van der Waals surface area contributed by atoms with Crippen molar-refractivity contribution in [3.8, 4) is 0 Å². The summed E-state index contributed by atoms with van der Waals surface area (Å²) < 4.78 is 2.69. The molecular weight excluding hydrogens is 380 g/mol. The molecule has 0 spiro atoms. The molecule has 0 atom stereocenters. The van der Waals surface area contributed by atoms with Crippen LogP contribution in [0.3, 0.4) is 0 Å². The van der Waals surface area contributed by atoms with Crippen LogP contribution in [0, 0.1) is 0 Å². The van der Waals surface area contributed by atoms with Gasteiger partial charge in [0.05, 0.1) is 11.9 Å². The molecule has 1 aliphatic carbocycles. The highest BCUT2D eigenvalue weighted by Crippen LogP contribution is 2.36. The van der Waals surface area contributed by atoms with Gasteiger partial charge in [0.25, 0.3) is 0 Å². The molecular formula is C19H19BrN4O. The molecule has 4 rings (SSSR count). The molecule has 1 aliphatic rings. The number of halogens is 1. The fraction of sp³-hybridized carbons (Fsp3) is 0.368. The molecule has 0 radical (unpaired) electrons. The molecule has 3 aromatic rings. The van der Waals surface area contributed by atoms with Gasteiger partial charge in [-0.15, -0.1) is 0 Å². The maximum atomic E-state index is 13.2. The highest BCUT2D eigenvalue weighted by molar-refractivity contribution is 9.10. The number of nitrogens with zero attached hydrogens (tertiary/aromatic N) is 4. The van der Waals surface area contributed by atoms with E-state index in [0.717, 1.165) is 40.6 Å². The summed E-state index contributed by atoms with van der Waals surface area (Å²) >= 11 is 3.40. The summed E-state index contributed by atoms with van der Waals surface area (Å²) in [4.78, 5) is 22.2. The zero-order chi connectivity index (χ0) is 17.4. The van der Waals surface area contributed by atoms with Crippen LogP contribution < -0.4 is 0 Å². The van der Waals surface area contributed by atoms with E-state index in [1.54, 1.807) is 18.6 Å². The second-order valence-corrected chi connectivity index (χ2v) is 7.41. The number of aryl methyl sites for hydroxylation is 1. The minimum atomic E-state index is -0.0191. The van der Waals surface area contributed by atoms with Gasteiger partial charge in [-0.3, -0.25) is 9.78 Å². The number of rotatable bonds is 4. The van der Waals surface area contributed by atoms with Crippen molar-refractivity contribution in [2.24, 2.45) is 0 Å². The van der Waals surface area contributed by atoms with Gasteiger partial charge >= 0.3 is 0 Å². The van der Waals surface area contributed by atoms with Crippen LogP contribution in [-0.2, 0) is 6.54 Å². The summed E-state index contributed by atoms with van der Waals surface area (Å²) in [5, 5.41) is 5.30. The lowest BCUT2D eigenvalue weighted by molar-refractivity contribution is 0.103. The number of pyridine rings is 2. The van der Waals surface area contributed by atoms with Crippen molar-refractivity contribution in [1.29, 1.82) is 0 Å². The predicted octanol–water partition coefficient (Wildman–Crippen LogP) is 4.50. The molecule has 3 aromatic heterocycles. The summed E-state index contributed by atoms with van der Waals surface area (Å²) in [5.74, 6) is 0.331. The lowest BCUT2D eigenvalue weighted by Gasteiger charge is -2.14. The molecule has 0 amide bonds. The van der Waals surface area contributed by atoms with Crippen molar-refractivity contribution in [2.75, 3.05) is 0 Å². The van der Waals surface area contributed by atoms with E-state index >= 15 is 0 Å². The largest absolute Gasteiger partial charge is 0.288 e. The number of carbonyl (C=O) groups is 1. The monoisotopic (exact) mass is 398 g/mol. The van der Waals surface area contributed by atoms with E-state index in [1.807, 2.05) is 16.8 Å². The van der Waals surface area contributed by atoms with E-state index in [1.165, 1.54) is 12.8 Å². The molecule has 0 aromatic carbocycles. The first kappa shape index (κ1) is 16.4. The number of fused-ring (bicyclic) bond motifs is 1. The lowest BCUT2D eigenvalue weighted by Crippen LogP contribution is -2.11. The molecule has 0 unspecified atom stereocenters. The third-order valence-electron chi connectivity index (χ3n) is 4.89. The third kappa shape index (κ3) is 2.99. The number of ketones is 1. The molecule has 25 heavy (non-hydrogen) atoms. The first-order chi connectivity index (χ1) is 12.2. The second-order valence-electron chi connectivity index (χ2n) is 6.50. The molecule has 3 heterocycles. The Balaban J connectivity index is 1.88. The summed E-state index contributed by atoms with van der Waals surface area (Å²) in [6.45, 7) is 2.82. The van der Waals surface area contributed by atoms with Crippen LogP contribution in [0.25, 0.3) is 11.0 Å². The van der Waals surface area contributed by atoms with Crippen LogP contribution in [0.15, 0.2) is 35.2 Å². The van der Waals surface area contributed by atoms with Crippen LogP contribution in [-0.4, -0.2) is 25.5 Å². The summed E-state index contributed by atoms with van der Waals surface area (Å²) in [6.07, 6.45) is 9.67. The Labute approximate surface area is 154 Å². The molecule has 5 nitrogen and oxygen atoms in total. The van der Waals surface area contributed by atoms with Crippen molar-refractivity contribution in [2.45, 2.75) is 45.1 Å². The lowest BCUT2D eigenvalue weighted by atomic mass is 9.93. The minimum absolute atomic E-state index is 0.0191. The van der Waals surface area contributed by atoms with E-state index in [-0.39, 0.29) is 5.78 Å². The van der Waals surface area contributed by atoms with Gasteiger partial charge < -0.3 is 0 Å². The van der Waals surface area contributed by atoms with Crippen molar-refractivity contribution < 1.29 is 4.79 Å². The topological polar surface area (TPSA) is 60.7 Å². The second kappa shape index (κ2) is 6.67. The first-order valence-electron chi connectivity index (χ1n) is 8.69. The minimum Gasteiger partial charge on any atom is -0.288 e. The van der Waals surface area contributed by atoms with Crippen LogP contribution in [0.2, 0.25) is 0 Å². The van der Waals surface area contributed by atoms with Crippen molar-refractivity contribution in [3.05, 3.63) is 52.0 Å². The molecule has 128 valence electrons. The Hall–Kier alpha value is -2.08. The summed E-state index contributed by atoms with van der Waals surface area (Å²) in [5.41, 5.74) is 3.06. The predicted molar refractivity (Wildman–Crippen MR) is 99.8 cm³/mol. The SMILES string of the molecule is CCn1ncc2cc(C(=O)c3cncc(Br)c3)c(C3CCCC3)nc21. The average molecular weight is 399 g/mol. The fourth-order valence-electron chi connectivity index (χ4n) is 3.64. The van der Waals surface area contributed by atoms with Crippen LogP contribution in [0.1, 0.15) is 60.1 Å². The average Bonchev–Trinajstić information content (AvgIpc) is 3.29. The van der Waals surface area contributed by atoms with Gasteiger partial charge in [-0.05, 0) is 47.8 Å². The maximum absolute atomic E-state index is 13.2. The van der Waals surface area contributed by atoms with Crippen LogP contribution in [0.5, 0.6) is 0 Å². The number of hydrogen-bond donors (Lipinski definition) is 0. The Bertz CT molecular complexity index is 944. The first-order valence-corrected chi connectivity index (χ1v) is 9.48. The smallest absolute Gasteiger partial charge is 0.196 e. The fourth-order valence-corrected chi connectivity index (χ4v) is 4.00. The van der Waals surface area contributed by atoms with Crippen molar-refractivity contribution >= 4 is 32.7 Å². The Morgan fingerprint density at radius 3 is 2.76 bits per heavy atom. The zero-order valence-corrected chi connectivity index (χ0v) is 15.7. The van der Waals surface area contributed by atoms with Gasteiger partial charge in [-0.2, -0.15) is 5.10 Å². The summed E-state index contributed by atoms with van der Waals surface area (Å²) in [6, 6.07) is 3.77.